The van der Waals surface area contributed by atoms with Gasteiger partial charge in [-0.25, -0.2) is 4.68 Å². The minimum Gasteiger partial charge on any atom is -0.312 e. The lowest BCUT2D eigenvalue weighted by Crippen LogP contribution is -2.48. The fourth-order valence-corrected chi connectivity index (χ4v) is 2.59. The van der Waals surface area contributed by atoms with Gasteiger partial charge < -0.3 is 5.32 Å². The highest BCUT2D eigenvalue weighted by atomic mass is 15.3. The number of aromatic nitrogens is 2. The third-order valence-corrected chi connectivity index (χ3v) is 3.56. The quantitative estimate of drug-likeness (QED) is 0.907. The van der Waals surface area contributed by atoms with Crippen molar-refractivity contribution in [3.8, 4) is 5.69 Å². The molecule has 1 N–H and O–H groups in total. The summed E-state index contributed by atoms with van der Waals surface area (Å²) < 4.78 is 1.89. The van der Waals surface area contributed by atoms with Crippen LogP contribution in [0.15, 0.2) is 42.7 Å². The van der Waals surface area contributed by atoms with Gasteiger partial charge in [-0.2, -0.15) is 5.10 Å². The molecule has 0 radical (unpaired) electrons. The van der Waals surface area contributed by atoms with E-state index in [1.807, 2.05) is 16.9 Å². The number of benzene rings is 1. The van der Waals surface area contributed by atoms with Gasteiger partial charge in [0.2, 0.25) is 0 Å². The number of nitrogens with zero attached hydrogens (tertiary/aromatic N) is 3. The molecule has 1 aliphatic heterocycles. The van der Waals surface area contributed by atoms with Gasteiger partial charge in [-0.15, -0.1) is 0 Å². The molecule has 1 aliphatic rings. The summed E-state index contributed by atoms with van der Waals surface area (Å²) in [6.07, 6.45) is 3.77. The summed E-state index contributed by atoms with van der Waals surface area (Å²) in [6.45, 7) is 6.62. The smallest absolute Gasteiger partial charge is 0.0645 e. The van der Waals surface area contributed by atoms with Crippen LogP contribution in [0.25, 0.3) is 5.69 Å². The fraction of sp³-hybridized carbons (Fsp3) is 0.400. The lowest BCUT2D eigenvalue weighted by molar-refractivity contribution is 0.199. The van der Waals surface area contributed by atoms with E-state index >= 15 is 0 Å². The van der Waals surface area contributed by atoms with Crippen molar-refractivity contribution in [2.75, 3.05) is 19.6 Å². The van der Waals surface area contributed by atoms with Gasteiger partial charge in [-0.1, -0.05) is 12.1 Å². The van der Waals surface area contributed by atoms with Crippen LogP contribution in [-0.4, -0.2) is 40.4 Å². The summed E-state index contributed by atoms with van der Waals surface area (Å²) >= 11 is 0. The number of hydrogen-bond donors (Lipinski definition) is 1. The maximum absolute atomic E-state index is 4.24. The van der Waals surface area contributed by atoms with Crippen LogP contribution in [0.5, 0.6) is 0 Å². The Morgan fingerprint density at radius 2 is 2.16 bits per heavy atom. The van der Waals surface area contributed by atoms with E-state index in [2.05, 4.69) is 46.5 Å². The first kappa shape index (κ1) is 12.4. The van der Waals surface area contributed by atoms with Gasteiger partial charge in [0.15, 0.2) is 0 Å². The molecular weight excluding hydrogens is 236 g/mol. The topological polar surface area (TPSA) is 33.1 Å². The van der Waals surface area contributed by atoms with Crippen molar-refractivity contribution in [2.24, 2.45) is 0 Å². The first-order chi connectivity index (χ1) is 9.31. The summed E-state index contributed by atoms with van der Waals surface area (Å²) in [5, 5.41) is 7.71. The van der Waals surface area contributed by atoms with E-state index < -0.39 is 0 Å². The highest BCUT2D eigenvalue weighted by molar-refractivity contribution is 5.33. The van der Waals surface area contributed by atoms with Crippen LogP contribution in [-0.2, 0) is 6.54 Å². The molecule has 1 fully saturated rings. The number of rotatable bonds is 3. The van der Waals surface area contributed by atoms with Crippen LogP contribution in [0.4, 0.5) is 0 Å². The molecule has 0 bridgehead atoms. The maximum Gasteiger partial charge on any atom is 0.0645 e. The van der Waals surface area contributed by atoms with Gasteiger partial charge in [-0.05, 0) is 30.7 Å². The Kier molecular flexibility index (Phi) is 3.62. The zero-order valence-electron chi connectivity index (χ0n) is 11.3. The average molecular weight is 256 g/mol. The van der Waals surface area contributed by atoms with Crippen molar-refractivity contribution in [1.82, 2.24) is 20.0 Å². The van der Waals surface area contributed by atoms with E-state index in [0.717, 1.165) is 31.9 Å². The Morgan fingerprint density at radius 1 is 1.32 bits per heavy atom. The molecule has 4 nitrogen and oxygen atoms in total. The van der Waals surface area contributed by atoms with Crippen molar-refractivity contribution < 1.29 is 0 Å². The average Bonchev–Trinajstić information content (AvgIpc) is 2.94. The lowest BCUT2D eigenvalue weighted by atomic mass is 10.1. The normalized spacial score (nSPS) is 20.6. The monoisotopic (exact) mass is 256 g/mol. The molecule has 19 heavy (non-hydrogen) atoms. The van der Waals surface area contributed by atoms with Crippen LogP contribution in [0.3, 0.4) is 0 Å². The van der Waals surface area contributed by atoms with Crippen molar-refractivity contribution >= 4 is 0 Å². The number of nitrogens with one attached hydrogen (secondary N) is 1. The summed E-state index contributed by atoms with van der Waals surface area (Å²) in [5.41, 5.74) is 2.48. The van der Waals surface area contributed by atoms with Gasteiger partial charge >= 0.3 is 0 Å². The molecular formula is C15H20N4. The Labute approximate surface area is 114 Å². The standard InChI is InChI=1S/C15H20N4/c1-13-11-18(10-8-16-13)12-14-3-5-15(6-4-14)19-9-2-7-17-19/h2-7,9,13,16H,8,10-12H2,1H3/t13-/m1/s1. The van der Waals surface area contributed by atoms with Gasteiger partial charge in [0.1, 0.15) is 0 Å². The van der Waals surface area contributed by atoms with Crippen LogP contribution in [0.2, 0.25) is 0 Å². The fourth-order valence-electron chi connectivity index (χ4n) is 2.59. The second-order valence-electron chi connectivity index (χ2n) is 5.21. The van der Waals surface area contributed by atoms with Gasteiger partial charge in [0.05, 0.1) is 5.69 Å². The van der Waals surface area contributed by atoms with Crippen LogP contribution >= 0.6 is 0 Å². The zero-order valence-corrected chi connectivity index (χ0v) is 11.3. The first-order valence-corrected chi connectivity index (χ1v) is 6.86. The van der Waals surface area contributed by atoms with E-state index in [1.54, 1.807) is 6.20 Å². The molecule has 0 spiro atoms. The highest BCUT2D eigenvalue weighted by Gasteiger charge is 2.15. The van der Waals surface area contributed by atoms with E-state index in [0.29, 0.717) is 6.04 Å². The molecule has 0 unspecified atom stereocenters. The molecule has 1 aromatic carbocycles. The van der Waals surface area contributed by atoms with Gasteiger partial charge in [0, 0.05) is 44.6 Å². The molecule has 1 aromatic heterocycles. The van der Waals surface area contributed by atoms with Crippen molar-refractivity contribution in [2.45, 2.75) is 19.5 Å². The van der Waals surface area contributed by atoms with E-state index in [4.69, 9.17) is 0 Å². The molecule has 0 amide bonds. The molecule has 4 heteroatoms. The molecule has 0 saturated carbocycles. The second kappa shape index (κ2) is 5.55. The van der Waals surface area contributed by atoms with Gasteiger partial charge in [-0.3, -0.25) is 4.90 Å². The molecule has 1 saturated heterocycles. The zero-order chi connectivity index (χ0) is 13.1. The maximum atomic E-state index is 4.24. The molecule has 2 aromatic rings. The second-order valence-corrected chi connectivity index (χ2v) is 5.21. The van der Waals surface area contributed by atoms with Crippen LogP contribution < -0.4 is 5.32 Å². The summed E-state index contributed by atoms with van der Waals surface area (Å²) in [5.74, 6) is 0. The summed E-state index contributed by atoms with van der Waals surface area (Å²) in [4.78, 5) is 2.50. The predicted molar refractivity (Wildman–Crippen MR) is 76.3 cm³/mol. The lowest BCUT2D eigenvalue weighted by Gasteiger charge is -2.31. The Hall–Kier alpha value is -1.65. The third kappa shape index (κ3) is 3.03. The number of piperazine rings is 1. The Bertz CT molecular complexity index is 503. The van der Waals surface area contributed by atoms with Crippen LogP contribution in [0.1, 0.15) is 12.5 Å². The minimum atomic E-state index is 0.595. The summed E-state index contributed by atoms with van der Waals surface area (Å²) in [7, 11) is 0. The number of hydrogen-bond acceptors (Lipinski definition) is 3. The van der Waals surface area contributed by atoms with Crippen molar-refractivity contribution in [1.29, 1.82) is 0 Å². The SMILES string of the molecule is C[C@@H]1CN(Cc2ccc(-n3cccn3)cc2)CCN1. The predicted octanol–water partition coefficient (Wildman–Crippen LogP) is 1.67. The first-order valence-electron chi connectivity index (χ1n) is 6.86. The highest BCUT2D eigenvalue weighted by Crippen LogP contribution is 2.11. The van der Waals surface area contributed by atoms with Crippen LogP contribution in [0, 0.1) is 0 Å². The van der Waals surface area contributed by atoms with E-state index in [-0.39, 0.29) is 0 Å². The molecule has 3 rings (SSSR count). The Morgan fingerprint density at radius 3 is 2.84 bits per heavy atom. The molecule has 2 heterocycles. The Balaban J connectivity index is 1.66. The van der Waals surface area contributed by atoms with Gasteiger partial charge in [0.25, 0.3) is 0 Å². The summed E-state index contributed by atoms with van der Waals surface area (Å²) in [6, 6.07) is 11.2. The molecule has 0 aliphatic carbocycles. The van der Waals surface area contributed by atoms with Crippen molar-refractivity contribution in [3.63, 3.8) is 0 Å². The third-order valence-electron chi connectivity index (χ3n) is 3.56. The van der Waals surface area contributed by atoms with E-state index in [1.165, 1.54) is 5.56 Å². The minimum absolute atomic E-state index is 0.595. The molecule has 1 atom stereocenters. The van der Waals surface area contributed by atoms with E-state index in [9.17, 15) is 0 Å². The van der Waals surface area contributed by atoms with Crippen molar-refractivity contribution in [3.05, 3.63) is 48.3 Å². The molecule has 100 valence electrons. The largest absolute Gasteiger partial charge is 0.312 e.